The lowest BCUT2D eigenvalue weighted by molar-refractivity contribution is 0.167. The van der Waals surface area contributed by atoms with Gasteiger partial charge in [-0.1, -0.05) is 12.1 Å². The summed E-state index contributed by atoms with van der Waals surface area (Å²) in [6.07, 6.45) is -0.403. The van der Waals surface area contributed by atoms with Gasteiger partial charge in [0, 0.05) is 16.9 Å². The van der Waals surface area contributed by atoms with Gasteiger partial charge in [0.1, 0.15) is 0 Å². The number of aliphatic hydroxyl groups is 1. The molecule has 2 aromatic rings. The quantitative estimate of drug-likeness (QED) is 0.814. The van der Waals surface area contributed by atoms with Crippen LogP contribution in [0.4, 0.5) is 5.69 Å². The van der Waals surface area contributed by atoms with E-state index >= 15 is 0 Å². The van der Waals surface area contributed by atoms with Crippen LogP contribution < -0.4 is 5.73 Å². The largest absolute Gasteiger partial charge is 0.398 e. The number of hydrogen-bond donors (Lipinski definition) is 2. The summed E-state index contributed by atoms with van der Waals surface area (Å²) < 4.78 is 1.82. The molecular weight excluding hydrogens is 226 g/mol. The molecule has 18 heavy (non-hydrogen) atoms. The van der Waals surface area contributed by atoms with Crippen molar-refractivity contribution in [1.82, 2.24) is 9.78 Å². The molecule has 1 atom stereocenters. The number of nitrogens with two attached hydrogens (primary N) is 1. The average molecular weight is 245 g/mol. The predicted octanol–water partition coefficient (Wildman–Crippen LogP) is 2.13. The van der Waals surface area contributed by atoms with Gasteiger partial charge in [0.2, 0.25) is 0 Å². The molecule has 0 unspecified atom stereocenters. The molecule has 1 heterocycles. The van der Waals surface area contributed by atoms with Gasteiger partial charge in [-0.25, -0.2) is 0 Å². The molecule has 2 rings (SSSR count). The van der Waals surface area contributed by atoms with E-state index < -0.39 is 6.10 Å². The molecule has 0 fully saturated rings. The average Bonchev–Trinajstić information content (AvgIpc) is 2.63. The molecule has 96 valence electrons. The monoisotopic (exact) mass is 245 g/mol. The molecule has 0 saturated heterocycles. The van der Waals surface area contributed by atoms with E-state index in [4.69, 9.17) is 5.73 Å². The minimum Gasteiger partial charge on any atom is -0.398 e. The van der Waals surface area contributed by atoms with E-state index in [9.17, 15) is 5.11 Å². The fourth-order valence-electron chi connectivity index (χ4n) is 1.89. The highest BCUT2D eigenvalue weighted by Gasteiger charge is 2.09. The number of hydrogen-bond acceptors (Lipinski definition) is 3. The summed E-state index contributed by atoms with van der Waals surface area (Å²) in [6, 6.07) is 7.95. The molecule has 0 bridgehead atoms. The zero-order chi connectivity index (χ0) is 13.3. The first kappa shape index (κ1) is 12.6. The van der Waals surface area contributed by atoms with Crippen molar-refractivity contribution >= 4 is 5.69 Å². The van der Waals surface area contributed by atoms with E-state index in [1.54, 1.807) is 6.92 Å². The maximum atomic E-state index is 9.41. The van der Waals surface area contributed by atoms with Crippen LogP contribution in [0.5, 0.6) is 0 Å². The molecule has 0 radical (unpaired) electrons. The second-order valence-electron chi connectivity index (χ2n) is 4.77. The molecule has 0 aliphatic rings. The lowest BCUT2D eigenvalue weighted by Gasteiger charge is -2.06. The number of aromatic nitrogens is 2. The number of anilines is 1. The molecule has 0 amide bonds. The minimum atomic E-state index is -0.403. The van der Waals surface area contributed by atoms with E-state index in [-0.39, 0.29) is 0 Å². The molecule has 4 nitrogen and oxygen atoms in total. The van der Waals surface area contributed by atoms with Crippen LogP contribution in [-0.2, 0) is 6.54 Å². The second kappa shape index (κ2) is 4.82. The molecule has 0 aliphatic carbocycles. The lowest BCUT2D eigenvalue weighted by atomic mass is 10.1. The van der Waals surface area contributed by atoms with Gasteiger partial charge in [-0.2, -0.15) is 5.10 Å². The third-order valence-corrected chi connectivity index (χ3v) is 2.99. The van der Waals surface area contributed by atoms with Gasteiger partial charge >= 0.3 is 0 Å². The Balaban J connectivity index is 2.36. The first-order chi connectivity index (χ1) is 8.47. The minimum absolute atomic E-state index is 0.403. The Labute approximate surface area is 107 Å². The summed E-state index contributed by atoms with van der Waals surface area (Å²) in [5.74, 6) is 0. The van der Waals surface area contributed by atoms with E-state index in [0.717, 1.165) is 28.2 Å². The third-order valence-electron chi connectivity index (χ3n) is 2.99. The van der Waals surface area contributed by atoms with Gasteiger partial charge in [0.15, 0.2) is 0 Å². The molecule has 0 spiro atoms. The Kier molecular flexibility index (Phi) is 3.39. The summed E-state index contributed by atoms with van der Waals surface area (Å²) in [6.45, 7) is 6.23. The lowest BCUT2D eigenvalue weighted by Crippen LogP contribution is -2.14. The molecule has 0 aliphatic heterocycles. The van der Waals surface area contributed by atoms with Crippen LogP contribution in [0.3, 0.4) is 0 Å². The Hall–Kier alpha value is -1.81. The first-order valence-corrected chi connectivity index (χ1v) is 6.06. The fourth-order valence-corrected chi connectivity index (χ4v) is 1.89. The highest BCUT2D eigenvalue weighted by atomic mass is 16.3. The van der Waals surface area contributed by atoms with Crippen molar-refractivity contribution in [3.05, 3.63) is 35.5 Å². The van der Waals surface area contributed by atoms with Crippen molar-refractivity contribution in [2.24, 2.45) is 0 Å². The van der Waals surface area contributed by atoms with E-state index in [1.165, 1.54) is 0 Å². The number of benzene rings is 1. The normalized spacial score (nSPS) is 12.7. The van der Waals surface area contributed by atoms with E-state index in [0.29, 0.717) is 6.54 Å². The van der Waals surface area contributed by atoms with Gasteiger partial charge in [-0.05, 0) is 38.5 Å². The summed E-state index contributed by atoms with van der Waals surface area (Å²) in [7, 11) is 0. The Morgan fingerprint density at radius 2 is 2.06 bits per heavy atom. The maximum Gasteiger partial charge on any atom is 0.0926 e. The van der Waals surface area contributed by atoms with Crippen molar-refractivity contribution in [1.29, 1.82) is 0 Å². The van der Waals surface area contributed by atoms with Gasteiger partial charge in [-0.15, -0.1) is 0 Å². The Bertz CT molecular complexity index is 558. The molecule has 3 N–H and O–H groups in total. The highest BCUT2D eigenvalue weighted by molar-refractivity contribution is 5.66. The van der Waals surface area contributed by atoms with Crippen LogP contribution in [0.1, 0.15) is 18.2 Å². The zero-order valence-corrected chi connectivity index (χ0v) is 11.0. The molecule has 1 aromatic heterocycles. The topological polar surface area (TPSA) is 64.1 Å². The standard InChI is InChI=1S/C14H19N3O/c1-9-4-5-12(7-13(9)15)14-6-10(2)17(16-14)8-11(3)18/h4-7,11,18H,8,15H2,1-3H3/t11-/m0/s1. The number of nitrogens with zero attached hydrogens (tertiary/aromatic N) is 2. The smallest absolute Gasteiger partial charge is 0.0926 e. The second-order valence-corrected chi connectivity index (χ2v) is 4.77. The highest BCUT2D eigenvalue weighted by Crippen LogP contribution is 2.23. The van der Waals surface area contributed by atoms with Gasteiger partial charge in [-0.3, -0.25) is 4.68 Å². The van der Waals surface area contributed by atoms with E-state index in [1.807, 2.05) is 42.8 Å². The van der Waals surface area contributed by atoms with Crippen molar-refractivity contribution in [2.75, 3.05) is 5.73 Å². The maximum absolute atomic E-state index is 9.41. The zero-order valence-electron chi connectivity index (χ0n) is 11.0. The van der Waals surface area contributed by atoms with Gasteiger partial charge < -0.3 is 10.8 Å². The Morgan fingerprint density at radius 1 is 1.33 bits per heavy atom. The van der Waals surface area contributed by atoms with Crippen LogP contribution >= 0.6 is 0 Å². The summed E-state index contributed by atoms with van der Waals surface area (Å²) in [5.41, 5.74) is 10.7. The van der Waals surface area contributed by atoms with Gasteiger partial charge in [0.05, 0.1) is 18.3 Å². The van der Waals surface area contributed by atoms with Gasteiger partial charge in [0.25, 0.3) is 0 Å². The number of aliphatic hydroxyl groups excluding tert-OH is 1. The summed E-state index contributed by atoms with van der Waals surface area (Å²) >= 11 is 0. The Morgan fingerprint density at radius 3 is 2.67 bits per heavy atom. The SMILES string of the molecule is Cc1ccc(-c2cc(C)n(C[C@H](C)O)n2)cc1N. The van der Waals surface area contributed by atoms with Crippen molar-refractivity contribution < 1.29 is 5.11 Å². The van der Waals surface area contributed by atoms with Crippen LogP contribution in [0.2, 0.25) is 0 Å². The molecule has 0 saturated carbocycles. The van der Waals surface area contributed by atoms with Crippen molar-refractivity contribution in [3.63, 3.8) is 0 Å². The fraction of sp³-hybridized carbons (Fsp3) is 0.357. The number of aryl methyl sites for hydroxylation is 2. The van der Waals surface area contributed by atoms with Crippen LogP contribution in [-0.4, -0.2) is 21.0 Å². The summed E-state index contributed by atoms with van der Waals surface area (Å²) in [5, 5.41) is 13.9. The van der Waals surface area contributed by atoms with E-state index in [2.05, 4.69) is 5.10 Å². The summed E-state index contributed by atoms with van der Waals surface area (Å²) in [4.78, 5) is 0. The number of rotatable bonds is 3. The predicted molar refractivity (Wildman–Crippen MR) is 73.2 cm³/mol. The first-order valence-electron chi connectivity index (χ1n) is 6.06. The van der Waals surface area contributed by atoms with Crippen LogP contribution in [0.15, 0.2) is 24.3 Å². The third kappa shape index (κ3) is 2.54. The molecular formula is C14H19N3O. The van der Waals surface area contributed by atoms with Crippen LogP contribution in [0, 0.1) is 13.8 Å². The molecule has 4 heteroatoms. The van der Waals surface area contributed by atoms with Crippen LogP contribution in [0.25, 0.3) is 11.3 Å². The number of nitrogen functional groups attached to an aromatic ring is 1. The van der Waals surface area contributed by atoms with Crippen molar-refractivity contribution in [3.8, 4) is 11.3 Å². The molecule has 1 aromatic carbocycles. The van der Waals surface area contributed by atoms with Crippen molar-refractivity contribution in [2.45, 2.75) is 33.4 Å².